The van der Waals surface area contributed by atoms with Gasteiger partial charge in [0.25, 0.3) is 0 Å². The first-order chi connectivity index (χ1) is 19.0. The summed E-state index contributed by atoms with van der Waals surface area (Å²) in [6, 6.07) is 20.8. The van der Waals surface area contributed by atoms with Crippen LogP contribution in [0.15, 0.2) is 72.3 Å². The molecule has 0 atom stereocenters. The number of carboxylic acid groups (broad SMARTS) is 1. The molecule has 2 aliphatic rings. The summed E-state index contributed by atoms with van der Waals surface area (Å²) in [6.07, 6.45) is 8.85. The molecule has 1 saturated carbocycles. The van der Waals surface area contributed by atoms with Gasteiger partial charge < -0.3 is 10.0 Å². The summed E-state index contributed by atoms with van der Waals surface area (Å²) in [6.45, 7) is 4.75. The molecule has 39 heavy (non-hydrogen) atoms. The first-order valence-electron chi connectivity index (χ1n) is 13.7. The van der Waals surface area contributed by atoms with E-state index in [1.54, 1.807) is 23.9 Å². The number of aromatic nitrogens is 1. The summed E-state index contributed by atoms with van der Waals surface area (Å²) in [4.78, 5) is 20.6. The summed E-state index contributed by atoms with van der Waals surface area (Å²) in [5.74, 6) is 0.881. The number of hydrogen-bond donors (Lipinski definition) is 1. The number of hydrogen-bond acceptors (Lipinski definition) is 5. The average molecular weight is 654 g/mol. The Bertz CT molecular complexity index is 1330. The maximum atomic E-state index is 11.1. The van der Waals surface area contributed by atoms with Gasteiger partial charge >= 0.3 is 5.97 Å². The molecule has 0 spiro atoms. The molecule has 1 fully saturated rings. The lowest BCUT2D eigenvalue weighted by molar-refractivity contribution is 0.0697. The number of nitrogens with zero attached hydrogens (tertiary/aromatic N) is 3. The van der Waals surface area contributed by atoms with E-state index >= 15 is 0 Å². The summed E-state index contributed by atoms with van der Waals surface area (Å²) in [5, 5.41) is 11.4. The van der Waals surface area contributed by atoms with Gasteiger partial charge in [-0.25, -0.2) is 9.78 Å². The number of carbonyl (C=O) groups is 1. The highest BCUT2D eigenvalue weighted by molar-refractivity contribution is 14.2. The number of rotatable bonds is 10. The molecule has 0 bridgehead atoms. The number of benzene rings is 2. The summed E-state index contributed by atoms with van der Waals surface area (Å²) in [7, 11) is 2.12. The number of halogens is 1. The third kappa shape index (κ3) is 7.18. The second-order valence-electron chi connectivity index (χ2n) is 10.3. The molecule has 1 aromatic heterocycles. The van der Waals surface area contributed by atoms with Gasteiger partial charge in [-0.3, -0.25) is 4.90 Å². The number of aromatic carboxylic acids is 1. The van der Waals surface area contributed by atoms with Crippen molar-refractivity contribution in [1.82, 2.24) is 9.88 Å². The highest BCUT2D eigenvalue weighted by Crippen LogP contribution is 2.41. The van der Waals surface area contributed by atoms with Crippen LogP contribution in [-0.2, 0) is 13.1 Å². The number of anilines is 1. The highest BCUT2D eigenvalue weighted by Gasteiger charge is 2.18. The minimum atomic E-state index is -0.888. The van der Waals surface area contributed by atoms with Gasteiger partial charge in [0, 0.05) is 35.0 Å². The van der Waals surface area contributed by atoms with E-state index < -0.39 is 5.97 Å². The number of thioether (sulfide) groups is 1. The molecule has 5 nitrogen and oxygen atoms in total. The van der Waals surface area contributed by atoms with Crippen molar-refractivity contribution in [2.75, 3.05) is 18.5 Å². The molecule has 204 valence electrons. The molecule has 7 heteroatoms. The van der Waals surface area contributed by atoms with Crippen molar-refractivity contribution in [3.63, 3.8) is 0 Å². The quantitative estimate of drug-likeness (QED) is 0.223. The molecule has 1 aliphatic carbocycles. The lowest BCUT2D eigenvalue weighted by Crippen LogP contribution is -2.23. The Morgan fingerprint density at radius 3 is 2.31 bits per heavy atom. The minimum absolute atomic E-state index is 0.284. The van der Waals surface area contributed by atoms with Crippen LogP contribution in [0.5, 0.6) is 0 Å². The third-order valence-corrected chi connectivity index (χ3v) is 12.9. The second kappa shape index (κ2) is 13.2. The molecule has 0 saturated heterocycles. The van der Waals surface area contributed by atoms with Crippen LogP contribution in [0.3, 0.4) is 0 Å². The monoisotopic (exact) mass is 653 g/mol. The Morgan fingerprint density at radius 1 is 0.974 bits per heavy atom. The molecule has 3 aromatic rings. The maximum absolute atomic E-state index is 11.1. The van der Waals surface area contributed by atoms with Gasteiger partial charge in [0.05, 0.1) is 8.53 Å². The molecule has 2 heterocycles. The Labute approximate surface area is 246 Å². The van der Waals surface area contributed by atoms with E-state index in [4.69, 9.17) is 10.1 Å². The van der Waals surface area contributed by atoms with Crippen LogP contribution in [0.1, 0.15) is 77.6 Å². The first kappa shape index (κ1) is 28.1. The van der Waals surface area contributed by atoms with Crippen LogP contribution in [0.25, 0.3) is 3.58 Å². The Balaban J connectivity index is 1.19. The van der Waals surface area contributed by atoms with Crippen LogP contribution >= 0.6 is 32.5 Å². The van der Waals surface area contributed by atoms with Gasteiger partial charge in [0.2, 0.25) is 0 Å². The maximum Gasteiger partial charge on any atom is 0.335 e. The normalized spacial score (nSPS) is 16.0. The largest absolute Gasteiger partial charge is 0.478 e. The molecular weight excluding hydrogens is 617 g/mol. The van der Waals surface area contributed by atoms with E-state index in [1.807, 2.05) is 18.3 Å². The molecule has 1 aliphatic heterocycles. The van der Waals surface area contributed by atoms with E-state index in [-0.39, 0.29) is 20.7 Å². The highest BCUT2D eigenvalue weighted by atomic mass is 127. The van der Waals surface area contributed by atoms with Crippen molar-refractivity contribution in [3.05, 3.63) is 100 Å². The fourth-order valence-corrected chi connectivity index (χ4v) is 9.69. The zero-order valence-corrected chi connectivity index (χ0v) is 25.6. The van der Waals surface area contributed by atoms with Crippen molar-refractivity contribution in [2.24, 2.45) is 0 Å². The summed E-state index contributed by atoms with van der Waals surface area (Å²) >= 11 is 1.52. The van der Waals surface area contributed by atoms with E-state index in [9.17, 15) is 4.79 Å². The second-order valence-corrected chi connectivity index (χ2v) is 14.6. The van der Waals surface area contributed by atoms with Crippen molar-refractivity contribution in [3.8, 4) is 0 Å². The minimum Gasteiger partial charge on any atom is -0.478 e. The van der Waals surface area contributed by atoms with Gasteiger partial charge in [-0.05, 0) is 79.1 Å². The predicted octanol–water partition coefficient (Wildman–Crippen LogP) is 8.09. The lowest BCUT2D eigenvalue weighted by Gasteiger charge is -2.24. The van der Waals surface area contributed by atoms with Crippen LogP contribution in [-0.4, -0.2) is 37.5 Å². The van der Waals surface area contributed by atoms with Crippen molar-refractivity contribution < 1.29 is 9.90 Å². The Hall–Kier alpha value is -2.49. The molecule has 0 radical (unpaired) electrons. The molecule has 5 rings (SSSR count). The van der Waals surface area contributed by atoms with Gasteiger partial charge in [-0.15, -0.1) is 0 Å². The smallest absolute Gasteiger partial charge is 0.335 e. The Morgan fingerprint density at radius 2 is 1.67 bits per heavy atom. The number of carboxylic acids is 1. The van der Waals surface area contributed by atoms with E-state index in [2.05, 4.69) is 65.6 Å². The third-order valence-electron chi connectivity index (χ3n) is 7.52. The molecule has 2 aromatic carbocycles. The van der Waals surface area contributed by atoms with Gasteiger partial charge in [-0.1, -0.05) is 88.2 Å². The fourth-order valence-electron chi connectivity index (χ4n) is 5.23. The zero-order valence-electron chi connectivity index (χ0n) is 22.6. The SMILES string of the molecule is CCN(Cc1ccc(C2CCCCC2)cc1)c1ccc(C2=CSC(N(C)Cc3ccc(C(=O)O)cc3)=I2)cn1. The zero-order chi connectivity index (χ0) is 27.2. The number of pyridine rings is 1. The summed E-state index contributed by atoms with van der Waals surface area (Å²) < 4.78 is 2.78. The molecule has 0 unspecified atom stereocenters. The van der Waals surface area contributed by atoms with Gasteiger partial charge in [-0.2, -0.15) is 0 Å². The van der Waals surface area contributed by atoms with E-state index in [0.29, 0.717) is 5.56 Å². The van der Waals surface area contributed by atoms with Crippen LogP contribution < -0.4 is 4.90 Å². The standard InChI is InChI=1S/C32H36IN3O2S/c1-3-36(21-24-9-13-26(14-10-24)25-7-5-4-6-8-25)30-18-17-28(19-34-30)29-22-39-32(33-29)35(2)20-23-11-15-27(16-12-23)31(37)38/h9-19,22,25H,3-8,20-21H2,1-2H3,(H,37,38). The predicted molar refractivity (Wildman–Crippen MR) is 173 cm³/mol. The van der Waals surface area contributed by atoms with Crippen molar-refractivity contribution in [1.29, 1.82) is 0 Å². The first-order valence-corrected chi connectivity index (χ1v) is 16.8. The fraction of sp³-hybridized carbons (Fsp3) is 0.344. The van der Waals surface area contributed by atoms with Crippen LogP contribution in [0, 0.1) is 0 Å². The summed E-state index contributed by atoms with van der Waals surface area (Å²) in [5.41, 5.74) is 5.49. The molecular formula is C32H36IN3O2S. The topological polar surface area (TPSA) is 56.7 Å². The van der Waals surface area contributed by atoms with E-state index in [0.717, 1.165) is 36.9 Å². The van der Waals surface area contributed by atoms with Crippen molar-refractivity contribution in [2.45, 2.75) is 58.0 Å². The average Bonchev–Trinajstić information content (AvgIpc) is 3.48. The molecule has 0 amide bonds. The van der Waals surface area contributed by atoms with Crippen molar-refractivity contribution >= 4 is 50.8 Å². The van der Waals surface area contributed by atoms with Crippen LogP contribution in [0.2, 0.25) is 0 Å². The Kier molecular flexibility index (Phi) is 9.53. The van der Waals surface area contributed by atoms with Crippen LogP contribution in [0.4, 0.5) is 5.82 Å². The molecule has 1 N–H and O–H groups in total. The van der Waals surface area contributed by atoms with Gasteiger partial charge in [0.15, 0.2) is 0 Å². The van der Waals surface area contributed by atoms with Gasteiger partial charge in [0.1, 0.15) is 5.82 Å². The van der Waals surface area contributed by atoms with E-state index in [1.165, 1.54) is 55.3 Å². The lowest BCUT2D eigenvalue weighted by atomic mass is 9.84.